The van der Waals surface area contributed by atoms with Gasteiger partial charge in [0.05, 0.1) is 27.7 Å². The SMILES string of the molecule is CC/C=C\C/C=C\C/C=C\C/C=C\CCCCCCC(=O)OC(COC(=O)CCCCCCCCCCCCCCCCCC/C=C\C/C=C\C/C=C\CCCCCCC)COP(=O)(O)OCC[N+](C)(C)C. The number of carbonyl (C=O) groups is 2. The molecule has 0 spiro atoms. The van der Waals surface area contributed by atoms with Crippen LogP contribution in [-0.2, 0) is 32.7 Å². The second kappa shape index (κ2) is 53.0. The van der Waals surface area contributed by atoms with E-state index in [1.807, 2.05) is 21.1 Å². The van der Waals surface area contributed by atoms with Crippen LogP contribution in [0.3, 0.4) is 0 Å². The van der Waals surface area contributed by atoms with Crippen molar-refractivity contribution in [2.75, 3.05) is 47.5 Å². The van der Waals surface area contributed by atoms with Crippen molar-refractivity contribution in [1.29, 1.82) is 0 Å². The van der Waals surface area contributed by atoms with Gasteiger partial charge in [0.25, 0.3) is 0 Å². The minimum Gasteiger partial charge on any atom is -0.462 e. The Morgan fingerprint density at radius 3 is 1.18 bits per heavy atom. The van der Waals surface area contributed by atoms with E-state index >= 15 is 0 Å². The Bertz CT molecular complexity index is 1490. The Kier molecular flexibility index (Phi) is 51.0. The predicted molar refractivity (Wildman–Crippen MR) is 307 cm³/mol. The molecule has 0 aromatic heterocycles. The van der Waals surface area contributed by atoms with E-state index < -0.39 is 26.5 Å². The van der Waals surface area contributed by atoms with E-state index in [1.165, 1.54) is 128 Å². The molecule has 0 heterocycles. The number of quaternary nitrogens is 1. The lowest BCUT2D eigenvalue weighted by Gasteiger charge is -2.24. The molecule has 10 heteroatoms. The Labute approximate surface area is 443 Å². The van der Waals surface area contributed by atoms with E-state index in [0.717, 1.165) is 83.5 Å². The Balaban J connectivity index is 4.10. The van der Waals surface area contributed by atoms with Crippen LogP contribution in [0.2, 0.25) is 0 Å². The molecule has 0 radical (unpaired) electrons. The molecule has 1 N–H and O–H groups in total. The lowest BCUT2D eigenvalue weighted by Crippen LogP contribution is -2.37. The molecule has 0 aliphatic heterocycles. The maximum atomic E-state index is 12.8. The molecule has 2 atom stereocenters. The summed E-state index contributed by atoms with van der Waals surface area (Å²) in [6, 6.07) is 0. The van der Waals surface area contributed by atoms with Crippen LogP contribution in [0.25, 0.3) is 0 Å². The standard InChI is InChI=1S/C62H110NO8P/c1-6-8-10-12-14-16-18-20-22-24-25-26-27-28-29-30-31-32-33-34-35-36-37-39-40-42-44-46-48-50-52-54-61(64)68-58-60(59-70-72(66,67)69-57-56-63(3,4)5)71-62(65)55-53-51-49-47-45-43-41-38-23-21-19-17-15-13-11-9-7-2/h9,11,15,17-18,20-21,23-25,27-28,41,43,60H,6-8,10,12-14,16,19,22,26,29-40,42,44-59H2,1-5H3/p+1/b11-9-,17-15-,20-18-,23-21-,25-24-,28-27-,43-41-. The minimum atomic E-state index is -4.40. The molecular formula is C62H111NO8P+. The van der Waals surface area contributed by atoms with Gasteiger partial charge in [-0.15, -0.1) is 0 Å². The van der Waals surface area contributed by atoms with Crippen LogP contribution >= 0.6 is 7.82 Å². The second-order valence-electron chi connectivity index (χ2n) is 20.6. The summed E-state index contributed by atoms with van der Waals surface area (Å²) in [6.07, 6.45) is 70.9. The summed E-state index contributed by atoms with van der Waals surface area (Å²) in [6.45, 7) is 4.28. The van der Waals surface area contributed by atoms with Crippen molar-refractivity contribution in [2.45, 2.75) is 251 Å². The number of carbonyl (C=O) groups excluding carboxylic acids is 2. The van der Waals surface area contributed by atoms with Gasteiger partial charge in [-0.25, -0.2) is 4.57 Å². The lowest BCUT2D eigenvalue weighted by molar-refractivity contribution is -0.870. The third-order valence-electron chi connectivity index (χ3n) is 12.4. The summed E-state index contributed by atoms with van der Waals surface area (Å²) in [5, 5.41) is 0. The molecule has 0 amide bonds. The summed E-state index contributed by atoms with van der Waals surface area (Å²) in [5.74, 6) is -0.825. The highest BCUT2D eigenvalue weighted by Crippen LogP contribution is 2.43. The maximum absolute atomic E-state index is 12.8. The molecule has 9 nitrogen and oxygen atoms in total. The Morgan fingerprint density at radius 1 is 0.444 bits per heavy atom. The molecular weight excluding hydrogens is 918 g/mol. The van der Waals surface area contributed by atoms with Crippen molar-refractivity contribution >= 4 is 19.8 Å². The summed E-state index contributed by atoms with van der Waals surface area (Å²) in [7, 11) is 1.45. The van der Waals surface area contributed by atoms with Gasteiger partial charge in [-0.2, -0.15) is 0 Å². The van der Waals surface area contributed by atoms with Crippen LogP contribution in [0.5, 0.6) is 0 Å². The largest absolute Gasteiger partial charge is 0.472 e. The first-order valence-electron chi connectivity index (χ1n) is 29.3. The van der Waals surface area contributed by atoms with Gasteiger partial charge < -0.3 is 18.9 Å². The zero-order valence-electron chi connectivity index (χ0n) is 47.1. The number of phosphoric acid groups is 1. The number of ether oxygens (including phenoxy) is 2. The van der Waals surface area contributed by atoms with E-state index in [0.29, 0.717) is 17.4 Å². The third kappa shape index (κ3) is 56.5. The van der Waals surface area contributed by atoms with Gasteiger partial charge >= 0.3 is 19.8 Å². The molecule has 2 unspecified atom stereocenters. The number of esters is 2. The molecule has 0 saturated heterocycles. The van der Waals surface area contributed by atoms with Crippen molar-refractivity contribution in [2.24, 2.45) is 0 Å². The zero-order chi connectivity index (χ0) is 52.7. The number of hydrogen-bond donors (Lipinski definition) is 1. The number of nitrogens with zero attached hydrogens (tertiary/aromatic N) is 1. The van der Waals surface area contributed by atoms with Crippen molar-refractivity contribution in [3.63, 3.8) is 0 Å². The second-order valence-corrected chi connectivity index (χ2v) is 22.1. The van der Waals surface area contributed by atoms with Gasteiger partial charge in [0.2, 0.25) is 0 Å². The van der Waals surface area contributed by atoms with Gasteiger partial charge in [-0.1, -0.05) is 227 Å². The highest BCUT2D eigenvalue weighted by Gasteiger charge is 2.27. The molecule has 0 aliphatic rings. The van der Waals surface area contributed by atoms with Crippen molar-refractivity contribution < 1.29 is 42.1 Å². The first-order chi connectivity index (χ1) is 35.0. The minimum absolute atomic E-state index is 0.0234. The first kappa shape index (κ1) is 69.2. The normalized spacial score (nSPS) is 13.9. The number of allylic oxidation sites excluding steroid dienone is 14. The monoisotopic (exact) mass is 1030 g/mol. The molecule has 0 fully saturated rings. The highest BCUT2D eigenvalue weighted by atomic mass is 31.2. The van der Waals surface area contributed by atoms with Gasteiger partial charge in [0, 0.05) is 12.8 Å². The smallest absolute Gasteiger partial charge is 0.462 e. The lowest BCUT2D eigenvalue weighted by atomic mass is 10.0. The number of unbranched alkanes of at least 4 members (excludes halogenated alkanes) is 25. The van der Waals surface area contributed by atoms with Crippen LogP contribution in [0.1, 0.15) is 245 Å². The number of likely N-dealkylation sites (N-methyl/N-ethyl adjacent to an activating group) is 1. The fraction of sp³-hybridized carbons (Fsp3) is 0.742. The quantitative estimate of drug-likeness (QED) is 0.0211. The average molecular weight is 1030 g/mol. The fourth-order valence-corrected chi connectivity index (χ4v) is 8.64. The molecule has 0 aromatic rings. The molecule has 0 bridgehead atoms. The van der Waals surface area contributed by atoms with E-state index in [2.05, 4.69) is 98.9 Å². The zero-order valence-corrected chi connectivity index (χ0v) is 48.0. The van der Waals surface area contributed by atoms with Crippen LogP contribution < -0.4 is 0 Å². The third-order valence-corrected chi connectivity index (χ3v) is 13.4. The van der Waals surface area contributed by atoms with Crippen LogP contribution in [0.4, 0.5) is 0 Å². The molecule has 0 aromatic carbocycles. The van der Waals surface area contributed by atoms with Crippen LogP contribution in [0, 0.1) is 0 Å². The highest BCUT2D eigenvalue weighted by molar-refractivity contribution is 7.47. The fourth-order valence-electron chi connectivity index (χ4n) is 7.90. The maximum Gasteiger partial charge on any atom is 0.472 e. The van der Waals surface area contributed by atoms with E-state index in [1.54, 1.807) is 0 Å². The van der Waals surface area contributed by atoms with Gasteiger partial charge in [-0.3, -0.25) is 18.6 Å². The molecule has 0 saturated carbocycles. The summed E-state index contributed by atoms with van der Waals surface area (Å²) >= 11 is 0. The number of rotatable bonds is 53. The topological polar surface area (TPSA) is 108 Å². The van der Waals surface area contributed by atoms with Gasteiger partial charge in [-0.05, 0) is 89.9 Å². The summed E-state index contributed by atoms with van der Waals surface area (Å²) in [4.78, 5) is 35.6. The molecule has 0 aliphatic carbocycles. The molecule has 72 heavy (non-hydrogen) atoms. The summed E-state index contributed by atoms with van der Waals surface area (Å²) in [5.41, 5.74) is 0. The first-order valence-corrected chi connectivity index (χ1v) is 30.8. The van der Waals surface area contributed by atoms with Crippen molar-refractivity contribution in [1.82, 2.24) is 0 Å². The summed E-state index contributed by atoms with van der Waals surface area (Å²) < 4.78 is 34.5. The van der Waals surface area contributed by atoms with Crippen LogP contribution in [0.15, 0.2) is 85.1 Å². The number of phosphoric ester groups is 1. The molecule has 416 valence electrons. The van der Waals surface area contributed by atoms with E-state index in [4.69, 9.17) is 18.5 Å². The predicted octanol–water partition coefficient (Wildman–Crippen LogP) is 18.3. The van der Waals surface area contributed by atoms with Crippen LogP contribution in [-0.4, -0.2) is 74.9 Å². The van der Waals surface area contributed by atoms with Crippen molar-refractivity contribution in [3.8, 4) is 0 Å². The van der Waals surface area contributed by atoms with E-state index in [-0.39, 0.29) is 32.0 Å². The van der Waals surface area contributed by atoms with Gasteiger partial charge in [0.15, 0.2) is 6.10 Å². The molecule has 0 rings (SSSR count). The Morgan fingerprint density at radius 2 is 0.792 bits per heavy atom. The van der Waals surface area contributed by atoms with Gasteiger partial charge in [0.1, 0.15) is 19.8 Å². The van der Waals surface area contributed by atoms with E-state index in [9.17, 15) is 19.0 Å². The average Bonchev–Trinajstić information content (AvgIpc) is 3.34. The number of hydrogen-bond acceptors (Lipinski definition) is 7. The Hall–Kier alpha value is -2.81. The van der Waals surface area contributed by atoms with Crippen molar-refractivity contribution in [3.05, 3.63) is 85.1 Å².